The zero-order valence-corrected chi connectivity index (χ0v) is 11.6. The van der Waals surface area contributed by atoms with E-state index in [1.165, 1.54) is 0 Å². The molecule has 1 atom stereocenters. The Morgan fingerprint density at radius 3 is 2.68 bits per heavy atom. The van der Waals surface area contributed by atoms with E-state index in [9.17, 15) is 9.90 Å². The monoisotopic (exact) mass is 267 g/mol. The van der Waals surface area contributed by atoms with Crippen LogP contribution in [0.15, 0.2) is 18.2 Å². The van der Waals surface area contributed by atoms with Gasteiger partial charge in [-0.15, -0.1) is 0 Å². The third kappa shape index (κ3) is 4.79. The Morgan fingerprint density at radius 1 is 1.47 bits per heavy atom. The molecule has 1 aromatic rings. The normalized spacial score (nSPS) is 12.0. The quantitative estimate of drug-likeness (QED) is 0.786. The van der Waals surface area contributed by atoms with Crippen LogP contribution in [-0.4, -0.2) is 43.0 Å². The fourth-order valence-electron chi connectivity index (χ4n) is 1.90. The van der Waals surface area contributed by atoms with Gasteiger partial charge in [0.2, 0.25) is 0 Å². The molecule has 0 fully saturated rings. The molecular weight excluding hydrogens is 246 g/mol. The summed E-state index contributed by atoms with van der Waals surface area (Å²) >= 11 is 0. The van der Waals surface area contributed by atoms with Crippen molar-refractivity contribution in [3.05, 3.63) is 23.8 Å². The minimum absolute atomic E-state index is 0.0172. The van der Waals surface area contributed by atoms with Crippen LogP contribution in [0.5, 0.6) is 5.75 Å². The van der Waals surface area contributed by atoms with Gasteiger partial charge in [-0.05, 0) is 37.1 Å². The number of aliphatic hydroxyl groups is 1. The number of ether oxygens (including phenoxy) is 1. The fourth-order valence-corrected chi connectivity index (χ4v) is 1.90. The first kappa shape index (κ1) is 15.3. The molecule has 2 N–H and O–H groups in total. The summed E-state index contributed by atoms with van der Waals surface area (Å²) in [6, 6.07) is 5.77. The van der Waals surface area contributed by atoms with Crippen LogP contribution in [0, 0.1) is 6.92 Å². The Kier molecular flexibility index (Phi) is 5.63. The number of carboxylic acids is 1. The number of benzene rings is 1. The lowest BCUT2D eigenvalue weighted by Gasteiger charge is -2.23. The molecule has 0 saturated carbocycles. The average molecular weight is 267 g/mol. The molecule has 0 heterocycles. The Morgan fingerprint density at radius 2 is 2.16 bits per heavy atom. The number of anilines is 1. The largest absolute Gasteiger partial charge is 0.496 e. The smallest absolute Gasteiger partial charge is 0.303 e. The van der Waals surface area contributed by atoms with Gasteiger partial charge >= 0.3 is 5.97 Å². The van der Waals surface area contributed by atoms with Crippen molar-refractivity contribution in [3.63, 3.8) is 0 Å². The molecule has 0 aliphatic rings. The van der Waals surface area contributed by atoms with Crippen molar-refractivity contribution >= 4 is 11.7 Å². The van der Waals surface area contributed by atoms with E-state index in [0.29, 0.717) is 6.54 Å². The molecule has 1 rings (SSSR count). The first-order valence-electron chi connectivity index (χ1n) is 6.19. The molecule has 1 aromatic carbocycles. The molecule has 19 heavy (non-hydrogen) atoms. The van der Waals surface area contributed by atoms with Gasteiger partial charge in [0, 0.05) is 25.7 Å². The topological polar surface area (TPSA) is 70.0 Å². The number of aryl methyl sites for hydroxylation is 1. The van der Waals surface area contributed by atoms with E-state index in [0.717, 1.165) is 17.0 Å². The van der Waals surface area contributed by atoms with Crippen LogP contribution in [0.2, 0.25) is 0 Å². The van der Waals surface area contributed by atoms with Gasteiger partial charge in [-0.1, -0.05) is 0 Å². The summed E-state index contributed by atoms with van der Waals surface area (Å²) in [7, 11) is 3.49. The maximum absolute atomic E-state index is 10.4. The zero-order chi connectivity index (χ0) is 14.4. The minimum atomic E-state index is -0.887. The second kappa shape index (κ2) is 6.99. The second-order valence-corrected chi connectivity index (χ2v) is 4.62. The molecule has 0 bridgehead atoms. The molecule has 1 unspecified atom stereocenters. The highest BCUT2D eigenvalue weighted by atomic mass is 16.5. The van der Waals surface area contributed by atoms with Gasteiger partial charge in [0.05, 0.1) is 13.2 Å². The summed E-state index contributed by atoms with van der Waals surface area (Å²) < 4.78 is 5.19. The van der Waals surface area contributed by atoms with E-state index in [2.05, 4.69) is 0 Å². The summed E-state index contributed by atoms with van der Waals surface area (Å²) in [4.78, 5) is 12.3. The predicted octanol–water partition coefficient (Wildman–Crippen LogP) is 1.67. The fraction of sp³-hybridized carbons (Fsp3) is 0.500. The Labute approximate surface area is 113 Å². The van der Waals surface area contributed by atoms with E-state index < -0.39 is 12.1 Å². The number of carbonyl (C=O) groups is 1. The molecule has 0 aromatic heterocycles. The van der Waals surface area contributed by atoms with Crippen molar-refractivity contribution in [2.24, 2.45) is 0 Å². The highest BCUT2D eigenvalue weighted by Crippen LogP contribution is 2.23. The maximum Gasteiger partial charge on any atom is 0.303 e. The van der Waals surface area contributed by atoms with Gasteiger partial charge < -0.3 is 19.8 Å². The molecule has 0 aliphatic carbocycles. The summed E-state index contributed by atoms with van der Waals surface area (Å²) in [6.45, 7) is 2.36. The van der Waals surface area contributed by atoms with Crippen LogP contribution in [0.3, 0.4) is 0 Å². The highest BCUT2D eigenvalue weighted by Gasteiger charge is 2.11. The lowest BCUT2D eigenvalue weighted by atomic mass is 10.1. The van der Waals surface area contributed by atoms with Gasteiger partial charge in [0.25, 0.3) is 0 Å². The summed E-state index contributed by atoms with van der Waals surface area (Å²) in [5, 5.41) is 18.3. The van der Waals surface area contributed by atoms with E-state index in [4.69, 9.17) is 9.84 Å². The standard InChI is InChI=1S/C14H21NO4/c1-10-8-11(4-6-13(10)19-3)15(2)9-12(16)5-7-14(17)18/h4,6,8,12,16H,5,7,9H2,1-3H3,(H,17,18). The van der Waals surface area contributed by atoms with Gasteiger partial charge in [-0.25, -0.2) is 0 Å². The number of nitrogens with zero attached hydrogens (tertiary/aromatic N) is 1. The van der Waals surface area contributed by atoms with Crippen LogP contribution >= 0.6 is 0 Å². The molecule has 0 spiro atoms. The first-order valence-corrected chi connectivity index (χ1v) is 6.19. The molecule has 5 heteroatoms. The minimum Gasteiger partial charge on any atom is -0.496 e. The average Bonchev–Trinajstić information content (AvgIpc) is 2.36. The zero-order valence-electron chi connectivity index (χ0n) is 11.6. The van der Waals surface area contributed by atoms with Gasteiger partial charge in [-0.3, -0.25) is 4.79 Å². The predicted molar refractivity (Wildman–Crippen MR) is 73.9 cm³/mol. The SMILES string of the molecule is COc1ccc(N(C)CC(O)CCC(=O)O)cc1C. The Bertz CT molecular complexity index is 433. The van der Waals surface area contributed by atoms with E-state index >= 15 is 0 Å². The molecule has 0 amide bonds. The third-order valence-electron chi connectivity index (χ3n) is 3.00. The molecule has 0 saturated heterocycles. The molecule has 106 valence electrons. The number of aliphatic hydroxyl groups excluding tert-OH is 1. The van der Waals surface area contributed by atoms with Crippen LogP contribution in [0.25, 0.3) is 0 Å². The van der Waals surface area contributed by atoms with Crippen LogP contribution in [0.1, 0.15) is 18.4 Å². The number of methoxy groups -OCH3 is 1. The summed E-state index contributed by atoms with van der Waals surface area (Å²) in [5.74, 6) is -0.0643. The lowest BCUT2D eigenvalue weighted by Crippen LogP contribution is -2.29. The highest BCUT2D eigenvalue weighted by molar-refractivity contribution is 5.66. The molecule has 0 radical (unpaired) electrons. The lowest BCUT2D eigenvalue weighted by molar-refractivity contribution is -0.137. The van der Waals surface area contributed by atoms with Crippen LogP contribution in [0.4, 0.5) is 5.69 Å². The molecular formula is C14H21NO4. The number of aliphatic carboxylic acids is 1. The van der Waals surface area contributed by atoms with Gasteiger partial charge in [-0.2, -0.15) is 0 Å². The van der Waals surface area contributed by atoms with E-state index in [-0.39, 0.29) is 12.8 Å². The first-order chi connectivity index (χ1) is 8.93. The maximum atomic E-state index is 10.4. The number of hydrogen-bond acceptors (Lipinski definition) is 4. The van der Waals surface area contributed by atoms with E-state index in [1.807, 2.05) is 37.1 Å². The van der Waals surface area contributed by atoms with Crippen molar-refractivity contribution in [3.8, 4) is 5.75 Å². The number of carboxylic acid groups (broad SMARTS) is 1. The van der Waals surface area contributed by atoms with Gasteiger partial charge in [0.15, 0.2) is 0 Å². The van der Waals surface area contributed by atoms with E-state index in [1.54, 1.807) is 7.11 Å². The molecule has 0 aliphatic heterocycles. The van der Waals surface area contributed by atoms with Crippen molar-refractivity contribution in [1.82, 2.24) is 0 Å². The third-order valence-corrected chi connectivity index (χ3v) is 3.00. The van der Waals surface area contributed by atoms with Crippen molar-refractivity contribution in [2.45, 2.75) is 25.9 Å². The van der Waals surface area contributed by atoms with Crippen molar-refractivity contribution < 1.29 is 19.7 Å². The number of likely N-dealkylation sites (N-methyl/N-ethyl adjacent to an activating group) is 1. The summed E-state index contributed by atoms with van der Waals surface area (Å²) in [5.41, 5.74) is 1.99. The van der Waals surface area contributed by atoms with Gasteiger partial charge in [0.1, 0.15) is 5.75 Å². The molecule has 5 nitrogen and oxygen atoms in total. The number of hydrogen-bond donors (Lipinski definition) is 2. The second-order valence-electron chi connectivity index (χ2n) is 4.62. The summed E-state index contributed by atoms with van der Waals surface area (Å²) in [6.07, 6.45) is -0.408. The van der Waals surface area contributed by atoms with Crippen molar-refractivity contribution in [2.75, 3.05) is 25.6 Å². The number of rotatable bonds is 7. The van der Waals surface area contributed by atoms with Crippen LogP contribution in [-0.2, 0) is 4.79 Å². The van der Waals surface area contributed by atoms with Crippen LogP contribution < -0.4 is 9.64 Å². The van der Waals surface area contributed by atoms with Crippen molar-refractivity contribution in [1.29, 1.82) is 0 Å². The Hall–Kier alpha value is -1.75. The Balaban J connectivity index is 2.60.